The molecule has 0 aliphatic carbocycles. The Hall–Kier alpha value is -4.20. The molecular weight excluding hydrogens is 456 g/mol. The lowest BCUT2D eigenvalue weighted by atomic mass is 10.1. The monoisotopic (exact) mass is 482 g/mol. The molecule has 0 spiro atoms. The molecule has 0 aromatic heterocycles. The number of carbonyl (C=O) groups excluding carboxylic acids is 3. The molecule has 9 N–H and O–H groups in total. The van der Waals surface area contributed by atoms with Gasteiger partial charge in [-0.05, 0) is 30.5 Å². The van der Waals surface area contributed by atoms with Crippen LogP contribution in [0.3, 0.4) is 0 Å². The fraction of sp³-hybridized carbons (Fsp3) is 0.400. The molecule has 14 nitrogen and oxygen atoms in total. The van der Waals surface area contributed by atoms with Gasteiger partial charge in [0.1, 0.15) is 17.8 Å². The molecule has 14 heteroatoms. The third-order valence-corrected chi connectivity index (χ3v) is 4.44. The number of amides is 3. The average molecular weight is 482 g/mol. The summed E-state index contributed by atoms with van der Waals surface area (Å²) in [7, 11) is 0. The lowest BCUT2D eigenvalue weighted by Crippen LogP contribution is -2.54. The van der Waals surface area contributed by atoms with Crippen LogP contribution in [0.25, 0.3) is 0 Å². The summed E-state index contributed by atoms with van der Waals surface area (Å²) in [5.74, 6) is -7.06. The molecule has 3 unspecified atom stereocenters. The number of phenols is 1. The summed E-state index contributed by atoms with van der Waals surface area (Å²) < 4.78 is 0. The van der Waals surface area contributed by atoms with Crippen molar-refractivity contribution in [2.75, 3.05) is 6.54 Å². The molecule has 186 valence electrons. The smallest absolute Gasteiger partial charge is 0.326 e. The summed E-state index contributed by atoms with van der Waals surface area (Å²) in [5, 5.41) is 42.3. The molecule has 3 amide bonds. The maximum atomic E-state index is 12.4. The first kappa shape index (κ1) is 27.8. The van der Waals surface area contributed by atoms with E-state index in [1.165, 1.54) is 12.1 Å². The highest BCUT2D eigenvalue weighted by Gasteiger charge is 2.28. The number of hydrogen-bond donors (Lipinski definition) is 8. The van der Waals surface area contributed by atoms with Crippen LogP contribution in [0.15, 0.2) is 24.3 Å². The van der Waals surface area contributed by atoms with Crippen LogP contribution in [-0.4, -0.2) is 80.7 Å². The van der Waals surface area contributed by atoms with Crippen molar-refractivity contribution in [3.63, 3.8) is 0 Å². The Balaban J connectivity index is 2.69. The minimum Gasteiger partial charge on any atom is -0.508 e. The van der Waals surface area contributed by atoms with E-state index in [0.717, 1.165) is 0 Å². The van der Waals surface area contributed by atoms with Crippen LogP contribution < -0.4 is 21.7 Å². The molecule has 1 aromatic carbocycles. The normalized spacial score (nSPS) is 13.1. The Labute approximate surface area is 193 Å². The molecule has 0 fully saturated rings. The number of phenolic OH excluding ortho intramolecular Hbond substituents is 1. The average Bonchev–Trinajstić information content (AvgIpc) is 2.75. The first-order valence-corrected chi connectivity index (χ1v) is 9.96. The molecule has 0 bridgehead atoms. The summed E-state index contributed by atoms with van der Waals surface area (Å²) in [6.45, 7) is -0.615. The maximum absolute atomic E-state index is 12.4. The van der Waals surface area contributed by atoms with E-state index in [4.69, 9.17) is 21.1 Å². The second kappa shape index (κ2) is 13.4. The van der Waals surface area contributed by atoms with E-state index in [2.05, 4.69) is 10.6 Å². The number of carboxylic acids is 3. The third kappa shape index (κ3) is 10.4. The van der Waals surface area contributed by atoms with E-state index < -0.39 is 79.6 Å². The van der Waals surface area contributed by atoms with E-state index in [0.29, 0.717) is 5.56 Å². The molecular formula is C20H26N4O10. The Kier molecular flexibility index (Phi) is 10.9. The van der Waals surface area contributed by atoms with Crippen LogP contribution in [0.1, 0.15) is 24.8 Å². The highest BCUT2D eigenvalue weighted by atomic mass is 16.4. The predicted molar refractivity (Wildman–Crippen MR) is 113 cm³/mol. The van der Waals surface area contributed by atoms with E-state index >= 15 is 0 Å². The third-order valence-electron chi connectivity index (χ3n) is 4.44. The van der Waals surface area contributed by atoms with Gasteiger partial charge < -0.3 is 42.1 Å². The minimum absolute atomic E-state index is 0.0394. The van der Waals surface area contributed by atoms with Gasteiger partial charge in [0.15, 0.2) is 0 Å². The maximum Gasteiger partial charge on any atom is 0.326 e. The van der Waals surface area contributed by atoms with Crippen LogP contribution in [0.2, 0.25) is 0 Å². The number of benzene rings is 1. The first-order valence-electron chi connectivity index (χ1n) is 9.96. The summed E-state index contributed by atoms with van der Waals surface area (Å²) in [6.07, 6.45) is -1.80. The second-order valence-corrected chi connectivity index (χ2v) is 7.24. The van der Waals surface area contributed by atoms with Crippen molar-refractivity contribution in [2.24, 2.45) is 5.73 Å². The zero-order chi connectivity index (χ0) is 25.8. The standard InChI is InChI=1S/C20H26N4O10/c21-12(7-10-1-3-11(25)4-2-10)18(31)22-9-15(26)23-13(5-6-16(27)28)19(32)24-14(20(33)34)8-17(29)30/h1-4,12-14,25H,5-9,21H2,(H,22,31)(H,23,26)(H,24,32)(H,27,28)(H,29,30)(H,33,34). The number of carboxylic acid groups (broad SMARTS) is 3. The zero-order valence-electron chi connectivity index (χ0n) is 17.9. The van der Waals surface area contributed by atoms with Crippen molar-refractivity contribution in [1.82, 2.24) is 16.0 Å². The molecule has 0 aliphatic heterocycles. The lowest BCUT2D eigenvalue weighted by Gasteiger charge is -2.21. The highest BCUT2D eigenvalue weighted by molar-refractivity contribution is 5.93. The van der Waals surface area contributed by atoms with Gasteiger partial charge in [-0.2, -0.15) is 0 Å². The zero-order valence-corrected chi connectivity index (χ0v) is 17.9. The number of aliphatic carboxylic acids is 3. The van der Waals surface area contributed by atoms with Gasteiger partial charge >= 0.3 is 17.9 Å². The Morgan fingerprint density at radius 2 is 1.47 bits per heavy atom. The Bertz CT molecular complexity index is 918. The molecule has 1 aromatic rings. The summed E-state index contributed by atoms with van der Waals surface area (Å²) in [5.41, 5.74) is 6.44. The van der Waals surface area contributed by atoms with Crippen molar-refractivity contribution < 1.29 is 49.2 Å². The number of rotatable bonds is 14. The Morgan fingerprint density at radius 3 is 2.00 bits per heavy atom. The fourth-order valence-corrected chi connectivity index (χ4v) is 2.71. The van der Waals surface area contributed by atoms with Crippen molar-refractivity contribution in [2.45, 2.75) is 43.8 Å². The lowest BCUT2D eigenvalue weighted by molar-refractivity contribution is -0.147. The minimum atomic E-state index is -1.80. The fourth-order valence-electron chi connectivity index (χ4n) is 2.71. The van der Waals surface area contributed by atoms with Gasteiger partial charge in [-0.1, -0.05) is 12.1 Å². The van der Waals surface area contributed by atoms with Gasteiger partial charge in [0.2, 0.25) is 17.7 Å². The van der Waals surface area contributed by atoms with Gasteiger partial charge in [0.25, 0.3) is 0 Å². The predicted octanol–water partition coefficient (Wildman–Crippen LogP) is -2.23. The SMILES string of the molecule is NC(Cc1ccc(O)cc1)C(=O)NCC(=O)NC(CCC(=O)O)C(=O)NC(CC(=O)O)C(=O)O. The molecule has 0 radical (unpaired) electrons. The van der Waals surface area contributed by atoms with Gasteiger partial charge in [-0.3, -0.25) is 24.0 Å². The van der Waals surface area contributed by atoms with Crippen LogP contribution in [0, 0.1) is 0 Å². The van der Waals surface area contributed by atoms with Crippen molar-refractivity contribution in [1.29, 1.82) is 0 Å². The van der Waals surface area contributed by atoms with E-state index in [1.807, 2.05) is 5.32 Å². The van der Waals surface area contributed by atoms with Crippen molar-refractivity contribution in [3.8, 4) is 5.75 Å². The van der Waals surface area contributed by atoms with E-state index in [-0.39, 0.29) is 12.2 Å². The van der Waals surface area contributed by atoms with E-state index in [9.17, 15) is 33.9 Å². The van der Waals surface area contributed by atoms with Gasteiger partial charge in [0, 0.05) is 6.42 Å². The summed E-state index contributed by atoms with van der Waals surface area (Å²) in [4.78, 5) is 69.4. The molecule has 0 heterocycles. The van der Waals surface area contributed by atoms with Crippen molar-refractivity contribution >= 4 is 35.6 Å². The topological polar surface area (TPSA) is 245 Å². The number of nitrogens with one attached hydrogen (secondary N) is 3. The number of aromatic hydroxyl groups is 1. The van der Waals surface area contributed by atoms with Gasteiger partial charge in [0.05, 0.1) is 19.0 Å². The molecule has 0 saturated heterocycles. The van der Waals surface area contributed by atoms with Crippen molar-refractivity contribution in [3.05, 3.63) is 29.8 Å². The second-order valence-electron chi connectivity index (χ2n) is 7.24. The number of hydrogen-bond acceptors (Lipinski definition) is 8. The molecule has 0 saturated carbocycles. The quantitative estimate of drug-likeness (QED) is 0.141. The first-order chi connectivity index (χ1) is 15.9. The molecule has 1 rings (SSSR count). The molecule has 34 heavy (non-hydrogen) atoms. The van der Waals surface area contributed by atoms with Crippen LogP contribution >= 0.6 is 0 Å². The molecule has 0 aliphatic rings. The Morgan fingerprint density at radius 1 is 0.853 bits per heavy atom. The number of nitrogens with two attached hydrogens (primary N) is 1. The highest BCUT2D eigenvalue weighted by Crippen LogP contribution is 2.10. The largest absolute Gasteiger partial charge is 0.508 e. The van der Waals surface area contributed by atoms with Crippen LogP contribution in [0.5, 0.6) is 5.75 Å². The summed E-state index contributed by atoms with van der Waals surface area (Å²) in [6, 6.07) is 1.64. The van der Waals surface area contributed by atoms with Gasteiger partial charge in [-0.25, -0.2) is 4.79 Å². The number of carbonyl (C=O) groups is 6. The molecule has 3 atom stereocenters. The van der Waals surface area contributed by atoms with Crippen LogP contribution in [0.4, 0.5) is 0 Å². The van der Waals surface area contributed by atoms with E-state index in [1.54, 1.807) is 12.1 Å². The van der Waals surface area contributed by atoms with Crippen LogP contribution in [-0.2, 0) is 35.2 Å². The summed E-state index contributed by atoms with van der Waals surface area (Å²) >= 11 is 0. The van der Waals surface area contributed by atoms with Gasteiger partial charge in [-0.15, -0.1) is 0 Å².